The van der Waals surface area contributed by atoms with Crippen molar-refractivity contribution < 1.29 is 23.9 Å². The van der Waals surface area contributed by atoms with Crippen LogP contribution in [0, 0.1) is 0 Å². The number of esters is 1. The van der Waals surface area contributed by atoms with E-state index >= 15 is 0 Å². The van der Waals surface area contributed by atoms with Gasteiger partial charge in [-0.05, 0) is 30.7 Å². The minimum Gasteiger partial charge on any atom is -0.477 e. The van der Waals surface area contributed by atoms with E-state index in [4.69, 9.17) is 9.47 Å². The Morgan fingerprint density at radius 1 is 1.13 bits per heavy atom. The monoisotopic (exact) mass is 411 g/mol. The lowest BCUT2D eigenvalue weighted by atomic mass is 10.1. The molecule has 8 nitrogen and oxygen atoms in total. The molecule has 2 aromatic carbocycles. The number of rotatable bonds is 7. The van der Waals surface area contributed by atoms with Gasteiger partial charge in [-0.2, -0.15) is 0 Å². The molecule has 2 aromatic rings. The number of amides is 2. The van der Waals surface area contributed by atoms with E-state index in [-0.39, 0.29) is 30.5 Å². The highest BCUT2D eigenvalue weighted by atomic mass is 16.5. The highest BCUT2D eigenvalue weighted by Crippen LogP contribution is 2.33. The Kier molecular flexibility index (Phi) is 6.90. The third-order valence-corrected chi connectivity index (χ3v) is 4.64. The SMILES string of the molecule is CCCNC(=O)[C@H]1CN(CC(=O)Nc2ccccc2C(=O)OC)c2ccccc2O1. The van der Waals surface area contributed by atoms with Crippen LogP contribution in [0.2, 0.25) is 0 Å². The number of hydrogen-bond donors (Lipinski definition) is 2. The maximum Gasteiger partial charge on any atom is 0.339 e. The van der Waals surface area contributed by atoms with E-state index in [1.54, 1.807) is 35.2 Å². The van der Waals surface area contributed by atoms with Crippen LogP contribution in [0.4, 0.5) is 11.4 Å². The van der Waals surface area contributed by atoms with Gasteiger partial charge in [0.05, 0.1) is 37.1 Å². The number of anilines is 2. The van der Waals surface area contributed by atoms with Gasteiger partial charge in [0.2, 0.25) is 5.91 Å². The molecule has 3 rings (SSSR count). The largest absolute Gasteiger partial charge is 0.477 e. The minimum atomic E-state index is -0.721. The zero-order chi connectivity index (χ0) is 21.5. The molecule has 0 saturated heterocycles. The molecule has 158 valence electrons. The molecule has 0 radical (unpaired) electrons. The van der Waals surface area contributed by atoms with Crippen molar-refractivity contribution in [3.63, 3.8) is 0 Å². The topological polar surface area (TPSA) is 97.0 Å². The van der Waals surface area contributed by atoms with Crippen LogP contribution in [-0.2, 0) is 14.3 Å². The van der Waals surface area contributed by atoms with Crippen molar-refractivity contribution >= 4 is 29.2 Å². The van der Waals surface area contributed by atoms with Crippen molar-refractivity contribution in [2.24, 2.45) is 0 Å². The van der Waals surface area contributed by atoms with Crippen LogP contribution in [0.25, 0.3) is 0 Å². The van der Waals surface area contributed by atoms with E-state index in [0.717, 1.165) is 12.1 Å². The molecule has 2 N–H and O–H groups in total. The Bertz CT molecular complexity index is 930. The Balaban J connectivity index is 1.75. The summed E-state index contributed by atoms with van der Waals surface area (Å²) in [6.45, 7) is 2.76. The normalized spacial score (nSPS) is 14.9. The van der Waals surface area contributed by atoms with Crippen molar-refractivity contribution in [2.45, 2.75) is 19.4 Å². The zero-order valence-electron chi connectivity index (χ0n) is 17.0. The van der Waals surface area contributed by atoms with Gasteiger partial charge >= 0.3 is 5.97 Å². The van der Waals surface area contributed by atoms with Gasteiger partial charge in [-0.25, -0.2) is 4.79 Å². The molecule has 0 fully saturated rings. The van der Waals surface area contributed by atoms with Crippen molar-refractivity contribution in [2.75, 3.05) is 37.0 Å². The molecule has 0 unspecified atom stereocenters. The molecule has 2 amide bonds. The molecule has 0 aliphatic carbocycles. The van der Waals surface area contributed by atoms with Crippen LogP contribution >= 0.6 is 0 Å². The van der Waals surface area contributed by atoms with Crippen molar-refractivity contribution in [1.82, 2.24) is 5.32 Å². The van der Waals surface area contributed by atoms with Gasteiger partial charge in [-0.15, -0.1) is 0 Å². The van der Waals surface area contributed by atoms with Crippen LogP contribution in [0.3, 0.4) is 0 Å². The second-order valence-corrected chi connectivity index (χ2v) is 6.83. The smallest absolute Gasteiger partial charge is 0.339 e. The summed E-state index contributed by atoms with van der Waals surface area (Å²) in [6, 6.07) is 13.9. The fraction of sp³-hybridized carbons (Fsp3) is 0.318. The summed E-state index contributed by atoms with van der Waals surface area (Å²) in [5.74, 6) is -0.526. The summed E-state index contributed by atoms with van der Waals surface area (Å²) in [4.78, 5) is 38.9. The predicted molar refractivity (Wildman–Crippen MR) is 113 cm³/mol. The molecular weight excluding hydrogens is 386 g/mol. The first kappa shape index (κ1) is 21.2. The van der Waals surface area contributed by atoms with Crippen LogP contribution in [-0.4, -0.2) is 50.6 Å². The van der Waals surface area contributed by atoms with Gasteiger partial charge in [0, 0.05) is 6.54 Å². The number of carbonyl (C=O) groups excluding carboxylic acids is 3. The maximum absolute atomic E-state index is 12.8. The first-order chi connectivity index (χ1) is 14.5. The van der Waals surface area contributed by atoms with E-state index in [9.17, 15) is 14.4 Å². The van der Waals surface area contributed by atoms with Gasteiger partial charge in [0.1, 0.15) is 5.75 Å². The zero-order valence-corrected chi connectivity index (χ0v) is 17.0. The van der Waals surface area contributed by atoms with Crippen LogP contribution in [0.5, 0.6) is 5.75 Å². The van der Waals surface area contributed by atoms with Crippen LogP contribution in [0.15, 0.2) is 48.5 Å². The number of nitrogens with one attached hydrogen (secondary N) is 2. The molecule has 0 spiro atoms. The Hall–Kier alpha value is -3.55. The minimum absolute atomic E-state index is 0.00651. The third-order valence-electron chi connectivity index (χ3n) is 4.64. The second-order valence-electron chi connectivity index (χ2n) is 6.83. The molecule has 1 heterocycles. The second kappa shape index (κ2) is 9.78. The third kappa shape index (κ3) is 4.89. The fourth-order valence-electron chi connectivity index (χ4n) is 3.20. The molecule has 0 aromatic heterocycles. The first-order valence-electron chi connectivity index (χ1n) is 9.79. The maximum atomic E-state index is 12.8. The summed E-state index contributed by atoms with van der Waals surface area (Å²) in [5, 5.41) is 5.59. The predicted octanol–water partition coefficient (Wildman–Crippen LogP) is 2.21. The summed E-state index contributed by atoms with van der Waals surface area (Å²) < 4.78 is 10.6. The summed E-state index contributed by atoms with van der Waals surface area (Å²) in [6.07, 6.45) is 0.0995. The fourth-order valence-corrected chi connectivity index (χ4v) is 3.20. The first-order valence-corrected chi connectivity index (χ1v) is 9.79. The van der Waals surface area contributed by atoms with Crippen molar-refractivity contribution in [3.05, 3.63) is 54.1 Å². The molecule has 1 aliphatic heterocycles. The van der Waals surface area contributed by atoms with Gasteiger partial charge in [-0.1, -0.05) is 31.2 Å². The quantitative estimate of drug-likeness (QED) is 0.678. The lowest BCUT2D eigenvalue weighted by Gasteiger charge is -2.35. The van der Waals surface area contributed by atoms with Gasteiger partial charge < -0.3 is 25.0 Å². The Labute approximate surface area is 175 Å². The number of nitrogens with zero attached hydrogens (tertiary/aromatic N) is 1. The lowest BCUT2D eigenvalue weighted by molar-refractivity contribution is -0.128. The summed E-state index contributed by atoms with van der Waals surface area (Å²) in [7, 11) is 1.29. The van der Waals surface area contributed by atoms with E-state index in [1.807, 2.05) is 25.1 Å². The lowest BCUT2D eigenvalue weighted by Crippen LogP contribution is -2.50. The number of ether oxygens (including phenoxy) is 2. The number of para-hydroxylation sites is 3. The van der Waals surface area contributed by atoms with E-state index in [1.165, 1.54) is 7.11 Å². The van der Waals surface area contributed by atoms with Gasteiger partial charge in [0.25, 0.3) is 5.91 Å². The van der Waals surface area contributed by atoms with E-state index in [2.05, 4.69) is 10.6 Å². The van der Waals surface area contributed by atoms with Gasteiger partial charge in [0.15, 0.2) is 6.10 Å². The average Bonchev–Trinajstić information content (AvgIpc) is 2.77. The van der Waals surface area contributed by atoms with Crippen LogP contribution < -0.4 is 20.3 Å². The van der Waals surface area contributed by atoms with Crippen LogP contribution in [0.1, 0.15) is 23.7 Å². The number of benzene rings is 2. The molecule has 1 aliphatic rings. The van der Waals surface area contributed by atoms with E-state index < -0.39 is 12.1 Å². The number of carbonyl (C=O) groups is 3. The summed E-state index contributed by atoms with van der Waals surface area (Å²) in [5.41, 5.74) is 1.37. The highest BCUT2D eigenvalue weighted by Gasteiger charge is 2.31. The number of hydrogen-bond acceptors (Lipinski definition) is 6. The standard InChI is InChI=1S/C22H25N3O5/c1-3-12-23-21(27)19-13-25(17-10-6-7-11-18(17)30-19)14-20(26)24-16-9-5-4-8-15(16)22(28)29-2/h4-11,19H,3,12-14H2,1-2H3,(H,23,27)(H,24,26)/t19-/m1/s1. The highest BCUT2D eigenvalue weighted by molar-refractivity contribution is 6.02. The van der Waals surface area contributed by atoms with E-state index in [0.29, 0.717) is 18.0 Å². The number of methoxy groups -OCH3 is 1. The molecule has 30 heavy (non-hydrogen) atoms. The van der Waals surface area contributed by atoms with Gasteiger partial charge in [-0.3, -0.25) is 9.59 Å². The average molecular weight is 411 g/mol. The Morgan fingerprint density at radius 2 is 1.87 bits per heavy atom. The molecule has 1 atom stereocenters. The summed E-state index contributed by atoms with van der Waals surface area (Å²) >= 11 is 0. The molecule has 0 bridgehead atoms. The number of fused-ring (bicyclic) bond motifs is 1. The molecule has 0 saturated carbocycles. The van der Waals surface area contributed by atoms with Crippen molar-refractivity contribution in [3.8, 4) is 5.75 Å². The van der Waals surface area contributed by atoms with Crippen molar-refractivity contribution in [1.29, 1.82) is 0 Å². The Morgan fingerprint density at radius 3 is 2.63 bits per heavy atom. The molecular formula is C22H25N3O5. The molecule has 8 heteroatoms.